The van der Waals surface area contributed by atoms with Crippen LogP contribution in [-0.4, -0.2) is 6.29 Å². The Bertz CT molecular complexity index is 298. The minimum Gasteiger partial charge on any atom is -0.298 e. The molecule has 13 heavy (non-hydrogen) atoms. The van der Waals surface area contributed by atoms with Gasteiger partial charge in [0.15, 0.2) is 6.29 Å². The second-order valence-electron chi connectivity index (χ2n) is 3.07. The highest BCUT2D eigenvalue weighted by Gasteiger charge is 2.01. The molecule has 68 valence electrons. The Hall–Kier alpha value is -1.55. The minimum absolute atomic E-state index is 0.306. The molecule has 0 aromatic rings. The third kappa shape index (κ3) is 3.57. The summed E-state index contributed by atoms with van der Waals surface area (Å²) >= 11 is 0. The number of terminal acetylenes is 1. The largest absolute Gasteiger partial charge is 0.298 e. The number of allylic oxidation sites excluding steroid dienone is 4. The first-order chi connectivity index (χ1) is 6.02. The van der Waals surface area contributed by atoms with Crippen LogP contribution in [0.4, 0.5) is 0 Å². The van der Waals surface area contributed by atoms with Crippen LogP contribution < -0.4 is 0 Å². The molecule has 1 heteroatoms. The van der Waals surface area contributed by atoms with Gasteiger partial charge in [0.25, 0.3) is 0 Å². The zero-order valence-corrected chi connectivity index (χ0v) is 8.13. The zero-order valence-electron chi connectivity index (χ0n) is 8.13. The molecule has 0 aromatic heterocycles. The molecule has 1 nitrogen and oxygen atoms in total. The summed E-state index contributed by atoms with van der Waals surface area (Å²) in [5.74, 6) is 2.63. The van der Waals surface area contributed by atoms with E-state index in [1.165, 1.54) is 0 Å². The average Bonchev–Trinajstić information content (AvgIpc) is 2.12. The first-order valence-electron chi connectivity index (χ1n) is 4.04. The van der Waals surface area contributed by atoms with E-state index in [4.69, 9.17) is 6.42 Å². The lowest BCUT2D eigenvalue weighted by Gasteiger charge is -2.04. The predicted octanol–water partition coefficient (Wildman–Crippen LogP) is 2.51. The lowest BCUT2D eigenvalue weighted by molar-refractivity contribution is -0.104. The Kier molecular flexibility index (Phi) is 4.54. The van der Waals surface area contributed by atoms with Crippen LogP contribution in [0.15, 0.2) is 36.0 Å². The van der Waals surface area contributed by atoms with Crippen molar-refractivity contribution in [1.82, 2.24) is 0 Å². The van der Waals surface area contributed by atoms with Gasteiger partial charge in [0.05, 0.1) is 0 Å². The highest BCUT2D eigenvalue weighted by molar-refractivity contribution is 5.83. The lowest BCUT2D eigenvalue weighted by atomic mass is 10.00. The van der Waals surface area contributed by atoms with E-state index in [1.807, 2.05) is 13.8 Å². The summed E-state index contributed by atoms with van der Waals surface area (Å²) in [4.78, 5) is 10.6. The number of hydrogen-bond donors (Lipinski definition) is 0. The van der Waals surface area contributed by atoms with Crippen molar-refractivity contribution in [3.8, 4) is 12.3 Å². The Morgan fingerprint density at radius 3 is 2.31 bits per heavy atom. The summed E-state index contributed by atoms with van der Waals surface area (Å²) < 4.78 is 0. The van der Waals surface area contributed by atoms with Crippen LogP contribution in [0.25, 0.3) is 0 Å². The summed E-state index contributed by atoms with van der Waals surface area (Å²) in [6, 6.07) is 0. The molecule has 0 aliphatic rings. The van der Waals surface area contributed by atoms with E-state index in [9.17, 15) is 4.79 Å². The van der Waals surface area contributed by atoms with Crippen molar-refractivity contribution in [2.75, 3.05) is 0 Å². The number of carbonyl (C=O) groups excluding carboxylic acids is 1. The van der Waals surface area contributed by atoms with Gasteiger partial charge in [-0.1, -0.05) is 38.5 Å². The zero-order chi connectivity index (χ0) is 10.4. The molecular formula is C12H14O. The molecule has 0 aromatic carbocycles. The first-order valence-corrected chi connectivity index (χ1v) is 4.04. The SMILES string of the molecule is C#CC(=C)/C(C=O)=C\C(=C)C(C)C. The van der Waals surface area contributed by atoms with Crippen LogP contribution in [0.2, 0.25) is 0 Å². The Morgan fingerprint density at radius 2 is 2.00 bits per heavy atom. The van der Waals surface area contributed by atoms with Crippen molar-refractivity contribution in [3.05, 3.63) is 36.0 Å². The summed E-state index contributed by atoms with van der Waals surface area (Å²) in [7, 11) is 0. The molecule has 0 unspecified atom stereocenters. The highest BCUT2D eigenvalue weighted by atomic mass is 16.1. The summed E-state index contributed by atoms with van der Waals surface area (Å²) in [5, 5.41) is 0. The summed E-state index contributed by atoms with van der Waals surface area (Å²) in [6.45, 7) is 11.4. The second-order valence-corrected chi connectivity index (χ2v) is 3.07. The maximum Gasteiger partial charge on any atom is 0.151 e. The third-order valence-electron chi connectivity index (χ3n) is 1.73. The van der Waals surface area contributed by atoms with Gasteiger partial charge >= 0.3 is 0 Å². The van der Waals surface area contributed by atoms with Crippen molar-refractivity contribution in [2.45, 2.75) is 13.8 Å². The van der Waals surface area contributed by atoms with Gasteiger partial charge in [-0.15, -0.1) is 6.42 Å². The summed E-state index contributed by atoms with van der Waals surface area (Å²) in [6.07, 6.45) is 7.51. The maximum atomic E-state index is 10.6. The van der Waals surface area contributed by atoms with E-state index in [2.05, 4.69) is 19.1 Å². The van der Waals surface area contributed by atoms with Crippen LogP contribution in [0.5, 0.6) is 0 Å². The Morgan fingerprint density at radius 1 is 1.46 bits per heavy atom. The molecule has 0 aliphatic heterocycles. The normalized spacial score (nSPS) is 10.8. The van der Waals surface area contributed by atoms with Crippen LogP contribution in [0, 0.1) is 18.3 Å². The number of rotatable bonds is 4. The van der Waals surface area contributed by atoms with E-state index >= 15 is 0 Å². The van der Waals surface area contributed by atoms with Gasteiger partial charge in [0.2, 0.25) is 0 Å². The molecule has 0 rings (SSSR count). The molecule has 0 spiro atoms. The lowest BCUT2D eigenvalue weighted by Crippen LogP contribution is -1.93. The molecule has 0 aliphatic carbocycles. The third-order valence-corrected chi connectivity index (χ3v) is 1.73. The highest BCUT2D eigenvalue weighted by Crippen LogP contribution is 2.13. The standard InChI is InChI=1S/C12H14O/c1-6-10(4)12(8-13)7-11(5)9(2)3/h1,7-9H,4-5H2,2-3H3/b12-7-. The Balaban J connectivity index is 4.80. The van der Waals surface area contributed by atoms with E-state index in [-0.39, 0.29) is 0 Å². The van der Waals surface area contributed by atoms with Crippen LogP contribution in [0.1, 0.15) is 13.8 Å². The van der Waals surface area contributed by atoms with Gasteiger partial charge < -0.3 is 0 Å². The molecule has 0 radical (unpaired) electrons. The van der Waals surface area contributed by atoms with Gasteiger partial charge in [-0.3, -0.25) is 4.79 Å². The van der Waals surface area contributed by atoms with Crippen LogP contribution in [-0.2, 0) is 4.79 Å². The van der Waals surface area contributed by atoms with Gasteiger partial charge in [-0.05, 0) is 12.0 Å². The fraction of sp³-hybridized carbons (Fsp3) is 0.250. The first kappa shape index (κ1) is 11.4. The van der Waals surface area contributed by atoms with Gasteiger partial charge in [-0.25, -0.2) is 0 Å². The molecule has 0 saturated carbocycles. The van der Waals surface area contributed by atoms with Gasteiger partial charge in [0, 0.05) is 11.1 Å². The topological polar surface area (TPSA) is 17.1 Å². The monoisotopic (exact) mass is 174 g/mol. The maximum absolute atomic E-state index is 10.6. The van der Waals surface area contributed by atoms with Crippen molar-refractivity contribution < 1.29 is 4.79 Å². The fourth-order valence-corrected chi connectivity index (χ4v) is 0.642. The van der Waals surface area contributed by atoms with Gasteiger partial charge in [-0.2, -0.15) is 0 Å². The molecule has 0 amide bonds. The van der Waals surface area contributed by atoms with E-state index in [0.29, 0.717) is 23.4 Å². The number of aldehydes is 1. The van der Waals surface area contributed by atoms with Crippen LogP contribution >= 0.6 is 0 Å². The van der Waals surface area contributed by atoms with Gasteiger partial charge in [0.1, 0.15) is 0 Å². The summed E-state index contributed by atoms with van der Waals surface area (Å²) in [5.41, 5.74) is 1.71. The fourth-order valence-electron chi connectivity index (χ4n) is 0.642. The van der Waals surface area contributed by atoms with Crippen molar-refractivity contribution in [3.63, 3.8) is 0 Å². The van der Waals surface area contributed by atoms with Crippen LogP contribution in [0.3, 0.4) is 0 Å². The quantitative estimate of drug-likeness (QED) is 0.277. The smallest absolute Gasteiger partial charge is 0.151 e. The number of carbonyl (C=O) groups is 1. The average molecular weight is 174 g/mol. The molecule has 0 atom stereocenters. The minimum atomic E-state index is 0.306. The number of hydrogen-bond acceptors (Lipinski definition) is 1. The molecule has 0 bridgehead atoms. The molecule has 0 heterocycles. The second kappa shape index (κ2) is 5.16. The molecular weight excluding hydrogens is 160 g/mol. The van der Waals surface area contributed by atoms with E-state index < -0.39 is 0 Å². The van der Waals surface area contributed by atoms with Crippen molar-refractivity contribution in [1.29, 1.82) is 0 Å². The van der Waals surface area contributed by atoms with E-state index in [1.54, 1.807) is 6.08 Å². The molecule has 0 fully saturated rings. The molecule has 0 N–H and O–H groups in total. The van der Waals surface area contributed by atoms with Crippen molar-refractivity contribution >= 4 is 6.29 Å². The molecule has 0 saturated heterocycles. The predicted molar refractivity (Wildman–Crippen MR) is 56.1 cm³/mol. The Labute approximate surface area is 79.8 Å². The van der Waals surface area contributed by atoms with Crippen molar-refractivity contribution in [2.24, 2.45) is 5.92 Å². The van der Waals surface area contributed by atoms with E-state index in [0.717, 1.165) is 5.57 Å².